The summed E-state index contributed by atoms with van der Waals surface area (Å²) in [5.74, 6) is -0.161. The second-order valence-corrected chi connectivity index (χ2v) is 6.29. The molecule has 0 saturated heterocycles. The second-order valence-electron chi connectivity index (χ2n) is 4.73. The lowest BCUT2D eigenvalue weighted by molar-refractivity contribution is 0.0784. The first-order valence-electron chi connectivity index (χ1n) is 5.70. The molecule has 0 aliphatic heterocycles. The average molecular weight is 268 g/mol. The molecule has 1 saturated carbocycles. The molecule has 0 bridgehead atoms. The molecule has 1 aliphatic carbocycles. The number of sulfonamides is 1. The van der Waals surface area contributed by atoms with Gasteiger partial charge in [-0.1, -0.05) is 0 Å². The SMILES string of the molecule is Cc1cc(C(=O)N(C)C2CC2)cc(S(N)(=O)=O)c1. The van der Waals surface area contributed by atoms with Gasteiger partial charge in [-0.2, -0.15) is 0 Å². The summed E-state index contributed by atoms with van der Waals surface area (Å²) < 4.78 is 22.7. The maximum Gasteiger partial charge on any atom is 0.253 e. The highest BCUT2D eigenvalue weighted by Crippen LogP contribution is 2.27. The van der Waals surface area contributed by atoms with E-state index in [1.165, 1.54) is 12.1 Å². The van der Waals surface area contributed by atoms with Crippen LogP contribution < -0.4 is 5.14 Å². The van der Waals surface area contributed by atoms with Gasteiger partial charge >= 0.3 is 0 Å². The Hall–Kier alpha value is -1.40. The first-order chi connectivity index (χ1) is 8.29. The Bertz CT molecular complexity index is 591. The van der Waals surface area contributed by atoms with Gasteiger partial charge in [0.15, 0.2) is 0 Å². The molecule has 0 spiro atoms. The van der Waals surface area contributed by atoms with Crippen molar-refractivity contribution < 1.29 is 13.2 Å². The molecule has 0 atom stereocenters. The zero-order valence-electron chi connectivity index (χ0n) is 10.4. The summed E-state index contributed by atoms with van der Waals surface area (Å²) in [5.41, 5.74) is 1.07. The molecule has 5 nitrogen and oxygen atoms in total. The smallest absolute Gasteiger partial charge is 0.253 e. The van der Waals surface area contributed by atoms with Crippen LogP contribution in [0.1, 0.15) is 28.8 Å². The Balaban J connectivity index is 2.39. The van der Waals surface area contributed by atoms with Gasteiger partial charge in [0.2, 0.25) is 10.0 Å². The predicted octanol–water partition coefficient (Wildman–Crippen LogP) is 0.877. The van der Waals surface area contributed by atoms with E-state index in [4.69, 9.17) is 5.14 Å². The largest absolute Gasteiger partial charge is 0.339 e. The Morgan fingerprint density at radius 2 is 1.94 bits per heavy atom. The number of aryl methyl sites for hydroxylation is 1. The van der Waals surface area contributed by atoms with Gasteiger partial charge < -0.3 is 4.90 Å². The van der Waals surface area contributed by atoms with Crippen molar-refractivity contribution in [1.29, 1.82) is 0 Å². The maximum absolute atomic E-state index is 12.1. The van der Waals surface area contributed by atoms with Gasteiger partial charge in [0.1, 0.15) is 0 Å². The van der Waals surface area contributed by atoms with Crippen LogP contribution in [0.5, 0.6) is 0 Å². The summed E-state index contributed by atoms with van der Waals surface area (Å²) in [7, 11) is -2.05. The van der Waals surface area contributed by atoms with Crippen LogP contribution in [-0.4, -0.2) is 32.3 Å². The lowest BCUT2D eigenvalue weighted by Crippen LogP contribution is -2.29. The van der Waals surface area contributed by atoms with Gasteiger partial charge in [-0.25, -0.2) is 13.6 Å². The second kappa shape index (κ2) is 4.37. The van der Waals surface area contributed by atoms with Crippen LogP contribution in [0.3, 0.4) is 0 Å². The maximum atomic E-state index is 12.1. The fourth-order valence-corrected chi connectivity index (χ4v) is 2.51. The molecule has 1 aliphatic rings. The van der Waals surface area contributed by atoms with E-state index < -0.39 is 10.0 Å². The van der Waals surface area contributed by atoms with E-state index in [-0.39, 0.29) is 16.8 Å². The van der Waals surface area contributed by atoms with Crippen LogP contribution in [0.25, 0.3) is 0 Å². The summed E-state index contributed by atoms with van der Waals surface area (Å²) >= 11 is 0. The van der Waals surface area contributed by atoms with E-state index >= 15 is 0 Å². The van der Waals surface area contributed by atoms with Crippen LogP contribution in [0, 0.1) is 6.92 Å². The topological polar surface area (TPSA) is 80.5 Å². The number of carbonyl (C=O) groups excluding carboxylic acids is 1. The number of carbonyl (C=O) groups is 1. The lowest BCUT2D eigenvalue weighted by atomic mass is 10.1. The highest BCUT2D eigenvalue weighted by atomic mass is 32.2. The molecule has 1 aromatic carbocycles. The number of amides is 1. The van der Waals surface area contributed by atoms with E-state index in [1.54, 1.807) is 24.9 Å². The van der Waals surface area contributed by atoms with Crippen molar-refractivity contribution in [2.45, 2.75) is 30.7 Å². The summed E-state index contributed by atoms with van der Waals surface area (Å²) in [6.07, 6.45) is 2.02. The number of benzene rings is 1. The fraction of sp³-hybridized carbons (Fsp3) is 0.417. The highest BCUT2D eigenvalue weighted by Gasteiger charge is 2.30. The molecule has 0 aromatic heterocycles. The molecule has 1 amide bonds. The van der Waals surface area contributed by atoms with Gasteiger partial charge in [-0.05, 0) is 43.5 Å². The third-order valence-electron chi connectivity index (χ3n) is 3.04. The highest BCUT2D eigenvalue weighted by molar-refractivity contribution is 7.89. The van der Waals surface area contributed by atoms with Gasteiger partial charge in [0, 0.05) is 18.7 Å². The summed E-state index contributed by atoms with van der Waals surface area (Å²) in [5, 5.41) is 5.09. The van der Waals surface area contributed by atoms with Crippen molar-refractivity contribution in [3.05, 3.63) is 29.3 Å². The molecule has 98 valence electrons. The Morgan fingerprint density at radius 1 is 1.33 bits per heavy atom. The molecule has 0 heterocycles. The first-order valence-corrected chi connectivity index (χ1v) is 7.25. The van der Waals surface area contributed by atoms with Gasteiger partial charge in [-0.3, -0.25) is 4.79 Å². The molecule has 0 radical (unpaired) electrons. The van der Waals surface area contributed by atoms with Crippen molar-refractivity contribution in [2.75, 3.05) is 7.05 Å². The quantitative estimate of drug-likeness (QED) is 0.883. The number of nitrogens with two attached hydrogens (primary N) is 1. The third-order valence-corrected chi connectivity index (χ3v) is 3.93. The minimum atomic E-state index is -3.78. The molecular weight excluding hydrogens is 252 g/mol. The predicted molar refractivity (Wildman–Crippen MR) is 67.7 cm³/mol. The zero-order chi connectivity index (χ0) is 13.5. The van der Waals surface area contributed by atoms with Crippen LogP contribution in [0.4, 0.5) is 0 Å². The molecule has 1 aromatic rings. The van der Waals surface area contributed by atoms with Crippen LogP contribution in [-0.2, 0) is 10.0 Å². The molecule has 0 unspecified atom stereocenters. The third kappa shape index (κ3) is 2.70. The molecular formula is C12H16N2O3S. The summed E-state index contributed by atoms with van der Waals surface area (Å²) in [6.45, 7) is 1.74. The van der Waals surface area contributed by atoms with Gasteiger partial charge in [0.05, 0.1) is 4.90 Å². The number of hydrogen-bond donors (Lipinski definition) is 1. The van der Waals surface area contributed by atoms with E-state index in [0.29, 0.717) is 11.1 Å². The molecule has 18 heavy (non-hydrogen) atoms. The van der Waals surface area contributed by atoms with Crippen LogP contribution >= 0.6 is 0 Å². The van der Waals surface area contributed by atoms with Crippen molar-refractivity contribution >= 4 is 15.9 Å². The average Bonchev–Trinajstić information content (AvgIpc) is 3.08. The number of primary sulfonamides is 1. The van der Waals surface area contributed by atoms with E-state index in [2.05, 4.69) is 0 Å². The lowest BCUT2D eigenvalue weighted by Gasteiger charge is -2.17. The van der Waals surface area contributed by atoms with E-state index in [1.807, 2.05) is 0 Å². The van der Waals surface area contributed by atoms with Crippen molar-refractivity contribution in [2.24, 2.45) is 5.14 Å². The Morgan fingerprint density at radius 3 is 2.44 bits per heavy atom. The van der Waals surface area contributed by atoms with Gasteiger partial charge in [-0.15, -0.1) is 0 Å². The van der Waals surface area contributed by atoms with Crippen molar-refractivity contribution in [1.82, 2.24) is 4.90 Å². The normalized spacial score (nSPS) is 15.5. The Kier molecular flexibility index (Phi) is 3.16. The van der Waals surface area contributed by atoms with Crippen molar-refractivity contribution in [3.63, 3.8) is 0 Å². The molecule has 2 N–H and O–H groups in total. The van der Waals surface area contributed by atoms with Gasteiger partial charge in [0.25, 0.3) is 5.91 Å². The van der Waals surface area contributed by atoms with E-state index in [9.17, 15) is 13.2 Å². The van der Waals surface area contributed by atoms with Crippen LogP contribution in [0.15, 0.2) is 23.1 Å². The first kappa shape index (κ1) is 13.0. The molecule has 2 rings (SSSR count). The summed E-state index contributed by atoms with van der Waals surface area (Å²) in [6, 6.07) is 4.76. The number of hydrogen-bond acceptors (Lipinski definition) is 3. The number of nitrogens with zero attached hydrogens (tertiary/aromatic N) is 1. The van der Waals surface area contributed by atoms with Crippen molar-refractivity contribution in [3.8, 4) is 0 Å². The minimum absolute atomic E-state index is 0.0185. The van der Waals surface area contributed by atoms with E-state index in [0.717, 1.165) is 12.8 Å². The minimum Gasteiger partial charge on any atom is -0.339 e. The summed E-state index contributed by atoms with van der Waals surface area (Å²) in [4.78, 5) is 13.8. The van der Waals surface area contributed by atoms with Crippen LogP contribution in [0.2, 0.25) is 0 Å². The zero-order valence-corrected chi connectivity index (χ0v) is 11.2. The number of rotatable bonds is 3. The molecule has 1 fully saturated rings. The molecule has 6 heteroatoms. The fourth-order valence-electron chi connectivity index (χ4n) is 1.87. The monoisotopic (exact) mass is 268 g/mol. The Labute approximate surface area is 107 Å². The standard InChI is InChI=1S/C12H16N2O3S/c1-8-5-9(7-11(6-8)18(13,16)17)12(15)14(2)10-3-4-10/h5-7,10H,3-4H2,1-2H3,(H2,13,16,17).